The molecule has 0 radical (unpaired) electrons. The second-order valence-corrected chi connectivity index (χ2v) is 0. The Kier molecular flexibility index (Phi) is 481. The van der Waals surface area contributed by atoms with E-state index in [1.54, 1.807) is 0 Å². The molecule has 0 saturated heterocycles. The summed E-state index contributed by atoms with van der Waals surface area (Å²) in [5, 5.41) is 0. The average molecular weight is 76.1 g/mol. The highest BCUT2D eigenvalue weighted by molar-refractivity contribution is 5.75. The Balaban J connectivity index is -0.00000000500. The predicted octanol–water partition coefficient (Wildman–Crippen LogP) is 0.478. The zero-order valence-electron chi connectivity index (χ0n) is 2.00. The molecule has 0 aliphatic heterocycles. The lowest BCUT2D eigenvalue weighted by molar-refractivity contribution is 1.50. The van der Waals surface area contributed by atoms with E-state index in [0.29, 0.717) is 0 Å². The maximum absolute atomic E-state index is 2.00. The van der Waals surface area contributed by atoms with Gasteiger partial charge >= 0.3 is 0 Å². The molecule has 0 heterocycles. The van der Waals surface area contributed by atoms with Crippen molar-refractivity contribution in [2.45, 2.75) is 21.3 Å². The summed E-state index contributed by atoms with van der Waals surface area (Å²) in [4.78, 5) is 0. The molecule has 0 unspecified atom stereocenters. The molecule has 0 aliphatic carbocycles. The zero-order chi connectivity index (χ0) is 2.00. The molecule has 0 aromatic carbocycles. The molecule has 0 saturated carbocycles. The van der Waals surface area contributed by atoms with Crippen molar-refractivity contribution < 1.29 is 0 Å². The van der Waals surface area contributed by atoms with Crippen LogP contribution in [0.5, 0.6) is 0 Å². The molecule has 0 fully saturated rings. The monoisotopic (exact) mass is 76.1 g/mol. The van der Waals surface area contributed by atoms with E-state index in [4.69, 9.17) is 0 Å². The largest absolute Gasteiger partial charge is 0.187 e. The van der Waals surface area contributed by atoms with Crippen molar-refractivity contribution in [1.29, 1.82) is 0 Å². The van der Waals surface area contributed by atoms with Crippen molar-refractivity contribution in [2.75, 3.05) is 0 Å². The van der Waals surface area contributed by atoms with Gasteiger partial charge in [0.2, 0.25) is 0 Å². The lowest BCUT2D eigenvalue weighted by Crippen LogP contribution is -0.856. The maximum atomic E-state index is 2.00. The fourth-order valence-electron chi connectivity index (χ4n) is 0. The van der Waals surface area contributed by atoms with Gasteiger partial charge in [-0.3, -0.25) is 0 Å². The average Bonchev–Trinajstić information content (AvgIpc) is 1.00. The molecule has 0 spiro atoms. The SMILES string of the molecule is C.CC.[AlH3]. The minimum Gasteiger partial charge on any atom is -0.0776 e. The topological polar surface area (TPSA) is 0 Å². The van der Waals surface area contributed by atoms with E-state index >= 15 is 0 Å². The Bertz CT molecular complexity index is 3.25. The van der Waals surface area contributed by atoms with Crippen LogP contribution >= 0.6 is 0 Å². The normalized spacial score (nSPS) is 1.50. The van der Waals surface area contributed by atoms with Crippen LogP contribution in [0.25, 0.3) is 0 Å². The smallest absolute Gasteiger partial charge is 0.0776 e. The Morgan fingerprint density at radius 2 is 1.00 bits per heavy atom. The highest BCUT2D eigenvalue weighted by Crippen LogP contribution is 1.14. The van der Waals surface area contributed by atoms with Gasteiger partial charge in [0.1, 0.15) is 0 Å². The Morgan fingerprint density at radius 1 is 1.00 bits per heavy atom. The molecular weight excluding hydrogens is 63.0 g/mol. The summed E-state index contributed by atoms with van der Waals surface area (Å²) in [5.74, 6) is 0. The molecule has 0 bridgehead atoms. The van der Waals surface area contributed by atoms with E-state index in [-0.39, 0.29) is 24.8 Å². The quantitative estimate of drug-likeness (QED) is 0.368. The van der Waals surface area contributed by atoms with Gasteiger partial charge in [-0.05, 0) is 0 Å². The van der Waals surface area contributed by atoms with E-state index in [1.165, 1.54) is 0 Å². The van der Waals surface area contributed by atoms with Crippen LogP contribution in [0.4, 0.5) is 0 Å². The summed E-state index contributed by atoms with van der Waals surface area (Å²) in [5.41, 5.74) is 0. The zero-order valence-corrected chi connectivity index (χ0v) is 2.00. The third kappa shape index (κ3) is 21.0. The van der Waals surface area contributed by atoms with Gasteiger partial charge in [0.25, 0.3) is 0 Å². The van der Waals surface area contributed by atoms with E-state index in [1.807, 2.05) is 13.8 Å². The van der Waals surface area contributed by atoms with Crippen LogP contribution in [0, 0.1) is 0 Å². The van der Waals surface area contributed by atoms with E-state index in [0.717, 1.165) is 0 Å². The van der Waals surface area contributed by atoms with Gasteiger partial charge in [0.15, 0.2) is 17.4 Å². The van der Waals surface area contributed by atoms with E-state index < -0.39 is 0 Å². The second-order valence-electron chi connectivity index (χ2n) is 0. The van der Waals surface area contributed by atoms with Crippen LogP contribution in [0.3, 0.4) is 0 Å². The lowest BCUT2D eigenvalue weighted by Gasteiger charge is -1.07. The van der Waals surface area contributed by atoms with Gasteiger partial charge in [-0.15, -0.1) is 0 Å². The molecular formula is C3H13Al. The number of rotatable bonds is 0. The minimum atomic E-state index is 0. The first-order valence-electron chi connectivity index (χ1n) is 1.00. The molecule has 0 N–H and O–H groups in total. The summed E-state index contributed by atoms with van der Waals surface area (Å²) in [6.07, 6.45) is 0. The molecule has 0 aromatic heterocycles. The first kappa shape index (κ1) is 24.1. The third-order valence-corrected chi connectivity index (χ3v) is 0. The van der Waals surface area contributed by atoms with E-state index in [9.17, 15) is 0 Å². The van der Waals surface area contributed by atoms with Crippen molar-refractivity contribution in [3.8, 4) is 0 Å². The molecule has 0 atom stereocenters. The van der Waals surface area contributed by atoms with Gasteiger partial charge in [-0.25, -0.2) is 0 Å². The van der Waals surface area contributed by atoms with Crippen LogP contribution in [0.1, 0.15) is 21.3 Å². The van der Waals surface area contributed by atoms with Crippen LogP contribution in [0.15, 0.2) is 0 Å². The molecule has 1 heteroatoms. The van der Waals surface area contributed by atoms with Crippen molar-refractivity contribution in [3.05, 3.63) is 0 Å². The highest BCUT2D eigenvalue weighted by Gasteiger charge is 0.932. The van der Waals surface area contributed by atoms with Gasteiger partial charge < -0.3 is 0 Å². The van der Waals surface area contributed by atoms with Gasteiger partial charge in [-0.1, -0.05) is 21.3 Å². The number of hydrogen-bond acceptors (Lipinski definition) is 0. The minimum absolute atomic E-state index is 0. The van der Waals surface area contributed by atoms with Gasteiger partial charge in [-0.2, -0.15) is 0 Å². The molecule has 0 amide bonds. The highest BCUT2D eigenvalue weighted by atomic mass is 27.0. The second kappa shape index (κ2) is 79.9. The van der Waals surface area contributed by atoms with Gasteiger partial charge in [0, 0.05) is 0 Å². The van der Waals surface area contributed by atoms with Gasteiger partial charge in [0.05, 0.1) is 0 Å². The third-order valence-electron chi connectivity index (χ3n) is 0. The summed E-state index contributed by atoms with van der Waals surface area (Å²) in [6, 6.07) is 0. The maximum Gasteiger partial charge on any atom is 0.187 e. The molecule has 0 aromatic rings. The number of hydrogen-bond donors (Lipinski definition) is 0. The van der Waals surface area contributed by atoms with Crippen LogP contribution in [0.2, 0.25) is 0 Å². The van der Waals surface area contributed by atoms with Crippen molar-refractivity contribution in [3.63, 3.8) is 0 Å². The predicted molar refractivity (Wildman–Crippen MR) is 28.0 cm³/mol. The molecule has 28 valence electrons. The Hall–Kier alpha value is 0.532. The molecule has 0 rings (SSSR count). The van der Waals surface area contributed by atoms with Crippen LogP contribution < -0.4 is 0 Å². The first-order valence-corrected chi connectivity index (χ1v) is 1.00. The van der Waals surface area contributed by atoms with Crippen LogP contribution in [-0.2, 0) is 0 Å². The Labute approximate surface area is 39.3 Å². The summed E-state index contributed by atoms with van der Waals surface area (Å²) < 4.78 is 0. The van der Waals surface area contributed by atoms with Crippen molar-refractivity contribution >= 4 is 17.4 Å². The lowest BCUT2D eigenvalue weighted by atomic mass is 11.0. The van der Waals surface area contributed by atoms with Crippen molar-refractivity contribution in [1.82, 2.24) is 0 Å². The summed E-state index contributed by atoms with van der Waals surface area (Å²) >= 11 is 0. The van der Waals surface area contributed by atoms with Crippen molar-refractivity contribution in [2.24, 2.45) is 0 Å². The molecule has 0 nitrogen and oxygen atoms in total. The van der Waals surface area contributed by atoms with Crippen LogP contribution in [-0.4, -0.2) is 17.4 Å². The van der Waals surface area contributed by atoms with E-state index in [2.05, 4.69) is 0 Å². The summed E-state index contributed by atoms with van der Waals surface area (Å²) in [7, 11) is 0. The Morgan fingerprint density at radius 3 is 1.00 bits per heavy atom. The fourth-order valence-corrected chi connectivity index (χ4v) is 0. The summed E-state index contributed by atoms with van der Waals surface area (Å²) in [6.45, 7) is 4.00. The molecule has 0 aliphatic rings. The fraction of sp³-hybridized carbons (Fsp3) is 1.00. The first-order chi connectivity index (χ1) is 1.00. The molecule has 4 heavy (non-hydrogen) atoms. The standard InChI is InChI=1S/C2H6.CH4.Al.3H/c1-2;;;;;/h1-2H3;1H4;;;;.